The Balaban J connectivity index is 1.60. The van der Waals surface area contributed by atoms with Gasteiger partial charge in [0.25, 0.3) is 5.91 Å². The number of hydrogen-bond acceptors (Lipinski definition) is 5. The first kappa shape index (κ1) is 19.0. The maximum Gasteiger partial charge on any atom is 0.270 e. The summed E-state index contributed by atoms with van der Waals surface area (Å²) >= 11 is 0. The van der Waals surface area contributed by atoms with Gasteiger partial charge in [-0.1, -0.05) is 12.1 Å². The second-order valence-electron chi connectivity index (χ2n) is 7.33. The van der Waals surface area contributed by atoms with Gasteiger partial charge in [0.1, 0.15) is 11.5 Å². The predicted molar refractivity (Wildman–Crippen MR) is 102 cm³/mol. The van der Waals surface area contributed by atoms with Crippen LogP contribution in [0.2, 0.25) is 0 Å². The lowest BCUT2D eigenvalue weighted by molar-refractivity contribution is -0.0140. The molecule has 3 N–H and O–H groups in total. The molecule has 148 valence electrons. The first-order valence-electron chi connectivity index (χ1n) is 9.63. The van der Waals surface area contributed by atoms with Gasteiger partial charge in [0.2, 0.25) is 0 Å². The van der Waals surface area contributed by atoms with Gasteiger partial charge in [-0.15, -0.1) is 0 Å². The van der Waals surface area contributed by atoms with Crippen LogP contribution in [0.1, 0.15) is 39.3 Å². The predicted octanol–water partition coefficient (Wildman–Crippen LogP) is 1.34. The third-order valence-corrected chi connectivity index (χ3v) is 5.32. The standard InChI is InChI=1S/C21H24FN3O3/c22-15-3-1-13(2-4-15)9-14-10-17(24-18-11-23-7-5-16(14)18)21(27)25-19-12-28-8-6-20(19)26/h1-4,10,19-20,23,26H,5-9,11-12H2,(H,25,27). The molecule has 1 aromatic carbocycles. The van der Waals surface area contributed by atoms with Gasteiger partial charge in [0, 0.05) is 13.2 Å². The van der Waals surface area contributed by atoms with E-state index in [0.717, 1.165) is 35.3 Å². The van der Waals surface area contributed by atoms with Crippen molar-refractivity contribution in [3.8, 4) is 0 Å². The van der Waals surface area contributed by atoms with Crippen LogP contribution < -0.4 is 10.6 Å². The van der Waals surface area contributed by atoms with E-state index in [2.05, 4.69) is 15.6 Å². The van der Waals surface area contributed by atoms with Crippen LogP contribution in [-0.2, 0) is 24.1 Å². The SMILES string of the molecule is O=C(NC1COCCC1O)c1cc(Cc2ccc(F)cc2)c2c(n1)CNCC2. The number of aliphatic hydroxyl groups is 1. The number of fused-ring (bicyclic) bond motifs is 1. The summed E-state index contributed by atoms with van der Waals surface area (Å²) in [6.45, 7) is 2.27. The van der Waals surface area contributed by atoms with Crippen LogP contribution in [0.15, 0.2) is 30.3 Å². The molecule has 6 nitrogen and oxygen atoms in total. The number of pyridine rings is 1. The Morgan fingerprint density at radius 3 is 2.96 bits per heavy atom. The number of aromatic nitrogens is 1. The van der Waals surface area contributed by atoms with Gasteiger partial charge in [-0.05, 0) is 60.7 Å². The average Bonchev–Trinajstić information content (AvgIpc) is 2.71. The van der Waals surface area contributed by atoms with Crippen LogP contribution in [0.25, 0.3) is 0 Å². The molecule has 1 saturated heterocycles. The molecule has 28 heavy (non-hydrogen) atoms. The number of nitrogens with zero attached hydrogens (tertiary/aromatic N) is 1. The van der Waals surface area contributed by atoms with E-state index in [-0.39, 0.29) is 11.7 Å². The first-order valence-corrected chi connectivity index (χ1v) is 9.63. The molecule has 0 radical (unpaired) electrons. The van der Waals surface area contributed by atoms with E-state index in [0.29, 0.717) is 38.3 Å². The number of amides is 1. The summed E-state index contributed by atoms with van der Waals surface area (Å²) in [6, 6.07) is 7.80. The van der Waals surface area contributed by atoms with Gasteiger partial charge in [-0.2, -0.15) is 0 Å². The van der Waals surface area contributed by atoms with Crippen molar-refractivity contribution in [2.75, 3.05) is 19.8 Å². The minimum Gasteiger partial charge on any atom is -0.391 e. The van der Waals surface area contributed by atoms with E-state index in [4.69, 9.17) is 4.74 Å². The summed E-state index contributed by atoms with van der Waals surface area (Å²) in [5, 5.41) is 16.2. The highest BCUT2D eigenvalue weighted by atomic mass is 19.1. The summed E-state index contributed by atoms with van der Waals surface area (Å²) in [4.78, 5) is 17.3. The molecule has 2 atom stereocenters. The van der Waals surface area contributed by atoms with Crippen molar-refractivity contribution >= 4 is 5.91 Å². The Labute approximate surface area is 163 Å². The van der Waals surface area contributed by atoms with Crippen molar-refractivity contribution < 1.29 is 19.0 Å². The summed E-state index contributed by atoms with van der Waals surface area (Å²) in [5.41, 5.74) is 4.37. The highest BCUT2D eigenvalue weighted by molar-refractivity contribution is 5.93. The highest BCUT2D eigenvalue weighted by Gasteiger charge is 2.27. The molecule has 7 heteroatoms. The maximum absolute atomic E-state index is 13.2. The van der Waals surface area contributed by atoms with Crippen LogP contribution in [0, 0.1) is 5.82 Å². The second-order valence-corrected chi connectivity index (χ2v) is 7.33. The topological polar surface area (TPSA) is 83.5 Å². The average molecular weight is 385 g/mol. The fraction of sp³-hybridized carbons (Fsp3) is 0.429. The lowest BCUT2D eigenvalue weighted by atomic mass is 9.94. The van der Waals surface area contributed by atoms with E-state index in [1.54, 1.807) is 12.1 Å². The summed E-state index contributed by atoms with van der Waals surface area (Å²) in [5.74, 6) is -0.582. The van der Waals surface area contributed by atoms with Gasteiger partial charge in [-0.25, -0.2) is 9.37 Å². The number of rotatable bonds is 4. The largest absolute Gasteiger partial charge is 0.391 e. The maximum atomic E-state index is 13.2. The van der Waals surface area contributed by atoms with Gasteiger partial charge in [0.15, 0.2) is 0 Å². The number of carbonyl (C=O) groups is 1. The van der Waals surface area contributed by atoms with Gasteiger partial charge in [0.05, 0.1) is 24.4 Å². The Morgan fingerprint density at radius 1 is 1.36 bits per heavy atom. The minimum absolute atomic E-state index is 0.266. The molecule has 0 aliphatic carbocycles. The van der Waals surface area contributed by atoms with E-state index >= 15 is 0 Å². The van der Waals surface area contributed by atoms with Gasteiger partial charge in [-0.3, -0.25) is 4.79 Å². The highest BCUT2D eigenvalue weighted by Crippen LogP contribution is 2.22. The number of hydrogen-bond donors (Lipinski definition) is 3. The van der Waals surface area contributed by atoms with Crippen LogP contribution in [0.4, 0.5) is 4.39 Å². The molecule has 3 heterocycles. The Morgan fingerprint density at radius 2 is 2.18 bits per heavy atom. The first-order chi connectivity index (χ1) is 13.6. The molecule has 2 aliphatic heterocycles. The van der Waals surface area contributed by atoms with Gasteiger partial charge < -0.3 is 20.5 Å². The molecule has 2 aliphatic rings. The lowest BCUT2D eigenvalue weighted by Gasteiger charge is -2.28. The number of carbonyl (C=O) groups excluding carboxylic acids is 1. The molecular weight excluding hydrogens is 361 g/mol. The summed E-state index contributed by atoms with van der Waals surface area (Å²) in [6.07, 6.45) is 1.34. The molecule has 0 bridgehead atoms. The van der Waals surface area contributed by atoms with Gasteiger partial charge >= 0.3 is 0 Å². The third-order valence-electron chi connectivity index (χ3n) is 5.32. The van der Waals surface area contributed by atoms with Crippen molar-refractivity contribution in [1.29, 1.82) is 0 Å². The van der Waals surface area contributed by atoms with E-state index in [1.807, 2.05) is 6.07 Å². The third kappa shape index (κ3) is 4.22. The molecular formula is C21H24FN3O3. The number of nitrogens with one attached hydrogen (secondary N) is 2. The molecule has 2 unspecified atom stereocenters. The zero-order valence-electron chi connectivity index (χ0n) is 15.6. The molecule has 1 amide bonds. The van der Waals surface area contributed by atoms with Crippen molar-refractivity contribution in [2.45, 2.75) is 38.0 Å². The van der Waals surface area contributed by atoms with Crippen molar-refractivity contribution in [3.05, 3.63) is 64.2 Å². The van der Waals surface area contributed by atoms with Crippen molar-refractivity contribution in [3.63, 3.8) is 0 Å². The zero-order chi connectivity index (χ0) is 19.5. The van der Waals surface area contributed by atoms with Crippen LogP contribution in [0.3, 0.4) is 0 Å². The lowest BCUT2D eigenvalue weighted by Crippen LogP contribution is -2.49. The quantitative estimate of drug-likeness (QED) is 0.740. The van der Waals surface area contributed by atoms with Crippen LogP contribution in [-0.4, -0.2) is 47.9 Å². The molecule has 0 spiro atoms. The Kier molecular flexibility index (Phi) is 5.66. The smallest absolute Gasteiger partial charge is 0.270 e. The van der Waals surface area contributed by atoms with Crippen molar-refractivity contribution in [2.24, 2.45) is 0 Å². The Hall–Kier alpha value is -2.35. The number of aliphatic hydroxyl groups excluding tert-OH is 1. The van der Waals surface area contributed by atoms with E-state index in [9.17, 15) is 14.3 Å². The fourth-order valence-electron chi connectivity index (χ4n) is 3.76. The fourth-order valence-corrected chi connectivity index (χ4v) is 3.76. The molecule has 2 aromatic rings. The van der Waals surface area contributed by atoms with Crippen molar-refractivity contribution in [1.82, 2.24) is 15.6 Å². The van der Waals surface area contributed by atoms with Crippen LogP contribution >= 0.6 is 0 Å². The molecule has 0 saturated carbocycles. The number of halogens is 1. The zero-order valence-corrected chi connectivity index (χ0v) is 15.6. The number of ether oxygens (including phenoxy) is 1. The summed E-state index contributed by atoms with van der Waals surface area (Å²) in [7, 11) is 0. The molecule has 4 rings (SSSR count). The molecule has 1 aromatic heterocycles. The van der Waals surface area contributed by atoms with E-state index in [1.165, 1.54) is 12.1 Å². The normalized spacial score (nSPS) is 21.8. The number of benzene rings is 1. The monoisotopic (exact) mass is 385 g/mol. The minimum atomic E-state index is -0.615. The second kappa shape index (κ2) is 8.34. The Bertz CT molecular complexity index is 857. The summed E-state index contributed by atoms with van der Waals surface area (Å²) < 4.78 is 18.6. The molecule has 1 fully saturated rings. The van der Waals surface area contributed by atoms with Crippen LogP contribution in [0.5, 0.6) is 0 Å². The van der Waals surface area contributed by atoms with E-state index < -0.39 is 12.1 Å².